The number of hydrogen-bond donors (Lipinski definition) is 1. The number of aromatic nitrogens is 1. The Balaban J connectivity index is 1.52. The van der Waals surface area contributed by atoms with Gasteiger partial charge < -0.3 is 19.6 Å². The van der Waals surface area contributed by atoms with Crippen molar-refractivity contribution >= 4 is 22.5 Å². The van der Waals surface area contributed by atoms with Gasteiger partial charge >= 0.3 is 0 Å². The van der Waals surface area contributed by atoms with Crippen LogP contribution in [0.1, 0.15) is 16.1 Å². The molecule has 28 heavy (non-hydrogen) atoms. The zero-order valence-electron chi connectivity index (χ0n) is 16.1. The first-order chi connectivity index (χ1) is 13.6. The molecule has 0 spiro atoms. The summed E-state index contributed by atoms with van der Waals surface area (Å²) < 4.78 is 5.25. The number of nitrogens with zero attached hydrogens (tertiary/aromatic N) is 3. The Morgan fingerprint density at radius 3 is 2.54 bits per heavy atom. The first kappa shape index (κ1) is 18.1. The summed E-state index contributed by atoms with van der Waals surface area (Å²) in [5.41, 5.74) is 2.98. The van der Waals surface area contributed by atoms with E-state index < -0.39 is 0 Å². The number of hydrogen-bond acceptors (Lipinski definition) is 5. The van der Waals surface area contributed by atoms with Crippen LogP contribution in [0.3, 0.4) is 0 Å². The highest BCUT2D eigenvalue weighted by Crippen LogP contribution is 2.28. The second kappa shape index (κ2) is 7.38. The molecular formula is C22H23N3O3. The Kier molecular flexibility index (Phi) is 4.77. The number of methoxy groups -OCH3 is 1. The fraction of sp³-hybridized carbons (Fsp3) is 0.273. The summed E-state index contributed by atoms with van der Waals surface area (Å²) in [7, 11) is 1.63. The molecule has 6 heteroatoms. The van der Waals surface area contributed by atoms with Crippen LogP contribution in [0.5, 0.6) is 11.5 Å². The molecule has 1 aliphatic rings. The van der Waals surface area contributed by atoms with Gasteiger partial charge in [0.1, 0.15) is 11.5 Å². The molecule has 3 aromatic rings. The number of carbonyl (C=O) groups is 1. The van der Waals surface area contributed by atoms with Crippen molar-refractivity contribution in [3.63, 3.8) is 0 Å². The van der Waals surface area contributed by atoms with Crippen molar-refractivity contribution in [1.29, 1.82) is 0 Å². The molecule has 1 saturated heterocycles. The van der Waals surface area contributed by atoms with Crippen molar-refractivity contribution in [3.05, 3.63) is 59.8 Å². The minimum Gasteiger partial charge on any atom is -0.506 e. The quantitative estimate of drug-likeness (QED) is 0.759. The van der Waals surface area contributed by atoms with E-state index in [4.69, 9.17) is 4.74 Å². The van der Waals surface area contributed by atoms with Crippen molar-refractivity contribution < 1.29 is 14.6 Å². The topological polar surface area (TPSA) is 65.9 Å². The standard InChI is InChI=1S/C22H23N3O3/c1-15-18(13-16-7-8-17(28-2)14-19(16)23-15)22(27)25-11-9-24(10-12-25)20-5-3-4-6-21(20)26/h3-8,13-14,26H,9-12H2,1-2H3. The number of phenols is 1. The van der Waals surface area contributed by atoms with Gasteiger partial charge in [0.25, 0.3) is 5.91 Å². The summed E-state index contributed by atoms with van der Waals surface area (Å²) in [6, 6.07) is 14.9. The molecule has 0 radical (unpaired) electrons. The number of aromatic hydroxyl groups is 1. The SMILES string of the molecule is COc1ccc2cc(C(=O)N3CCN(c4ccccc4O)CC3)c(C)nc2c1. The maximum absolute atomic E-state index is 13.1. The molecule has 0 bridgehead atoms. The molecule has 1 fully saturated rings. The van der Waals surface area contributed by atoms with Crippen LogP contribution in [0.15, 0.2) is 48.5 Å². The number of benzene rings is 2. The minimum absolute atomic E-state index is 0.000323. The Morgan fingerprint density at radius 2 is 1.82 bits per heavy atom. The van der Waals surface area contributed by atoms with Gasteiger partial charge in [-0.2, -0.15) is 0 Å². The summed E-state index contributed by atoms with van der Waals surface area (Å²) in [5, 5.41) is 11.0. The van der Waals surface area contributed by atoms with Crippen LogP contribution >= 0.6 is 0 Å². The molecule has 6 nitrogen and oxygen atoms in total. The van der Waals surface area contributed by atoms with E-state index in [-0.39, 0.29) is 11.7 Å². The van der Waals surface area contributed by atoms with Gasteiger partial charge in [0.05, 0.1) is 29.6 Å². The van der Waals surface area contributed by atoms with Crippen molar-refractivity contribution in [2.45, 2.75) is 6.92 Å². The molecule has 0 atom stereocenters. The average Bonchev–Trinajstić information content (AvgIpc) is 2.73. The number of fused-ring (bicyclic) bond motifs is 1. The van der Waals surface area contributed by atoms with Crippen molar-refractivity contribution in [3.8, 4) is 11.5 Å². The smallest absolute Gasteiger partial charge is 0.255 e. The van der Waals surface area contributed by atoms with Gasteiger partial charge in [-0.3, -0.25) is 9.78 Å². The number of phenolic OH excluding ortho intramolecular Hbond substituents is 1. The van der Waals surface area contributed by atoms with Crippen molar-refractivity contribution in [2.24, 2.45) is 0 Å². The largest absolute Gasteiger partial charge is 0.506 e. The Labute approximate surface area is 164 Å². The van der Waals surface area contributed by atoms with Crippen LogP contribution in [0, 0.1) is 6.92 Å². The third-order valence-electron chi connectivity index (χ3n) is 5.24. The molecule has 1 aliphatic heterocycles. The van der Waals surface area contributed by atoms with Crippen LogP contribution in [-0.4, -0.2) is 54.2 Å². The second-order valence-electron chi connectivity index (χ2n) is 6.95. The number of anilines is 1. The monoisotopic (exact) mass is 377 g/mol. The molecule has 2 heterocycles. The van der Waals surface area contributed by atoms with Crippen LogP contribution in [0.25, 0.3) is 10.9 Å². The molecular weight excluding hydrogens is 354 g/mol. The first-order valence-electron chi connectivity index (χ1n) is 9.34. The molecule has 1 aromatic heterocycles. The Bertz CT molecular complexity index is 1030. The van der Waals surface area contributed by atoms with Gasteiger partial charge in [-0.05, 0) is 37.3 Å². The van der Waals surface area contributed by atoms with Crippen LogP contribution in [-0.2, 0) is 0 Å². The highest BCUT2D eigenvalue weighted by Gasteiger charge is 2.25. The fourth-order valence-electron chi connectivity index (χ4n) is 3.64. The van der Waals surface area contributed by atoms with E-state index in [0.717, 1.165) is 22.3 Å². The molecule has 4 rings (SSSR count). The van der Waals surface area contributed by atoms with Crippen LogP contribution in [0.4, 0.5) is 5.69 Å². The number of carbonyl (C=O) groups excluding carboxylic acids is 1. The normalized spacial score (nSPS) is 14.4. The van der Waals surface area contributed by atoms with Gasteiger partial charge in [0.15, 0.2) is 0 Å². The second-order valence-corrected chi connectivity index (χ2v) is 6.95. The molecule has 1 N–H and O–H groups in total. The Hall–Kier alpha value is -3.28. The minimum atomic E-state index is -0.000323. The molecule has 0 aliphatic carbocycles. The third kappa shape index (κ3) is 3.33. The van der Waals surface area contributed by atoms with E-state index in [0.29, 0.717) is 37.4 Å². The lowest BCUT2D eigenvalue weighted by Crippen LogP contribution is -2.49. The van der Waals surface area contributed by atoms with E-state index in [1.807, 2.05) is 54.3 Å². The Morgan fingerprint density at radius 1 is 1.07 bits per heavy atom. The molecule has 144 valence electrons. The van der Waals surface area contributed by atoms with E-state index in [2.05, 4.69) is 9.88 Å². The van der Waals surface area contributed by atoms with E-state index in [9.17, 15) is 9.90 Å². The van der Waals surface area contributed by atoms with Gasteiger partial charge in [0.2, 0.25) is 0 Å². The summed E-state index contributed by atoms with van der Waals surface area (Å²) in [5.74, 6) is 1.02. The fourth-order valence-corrected chi connectivity index (χ4v) is 3.64. The van der Waals surface area contributed by atoms with Gasteiger partial charge in [-0.25, -0.2) is 0 Å². The summed E-state index contributed by atoms with van der Waals surface area (Å²) in [6.07, 6.45) is 0. The number of amides is 1. The van der Waals surface area contributed by atoms with E-state index in [1.54, 1.807) is 13.2 Å². The lowest BCUT2D eigenvalue weighted by molar-refractivity contribution is 0.0745. The average molecular weight is 377 g/mol. The summed E-state index contributed by atoms with van der Waals surface area (Å²) >= 11 is 0. The number of piperazine rings is 1. The molecule has 2 aromatic carbocycles. The molecule has 0 saturated carbocycles. The number of para-hydroxylation sites is 2. The number of ether oxygens (including phenoxy) is 1. The predicted octanol–water partition coefficient (Wildman–Crippen LogP) is 3.22. The number of rotatable bonds is 3. The summed E-state index contributed by atoms with van der Waals surface area (Å²) in [4.78, 5) is 21.7. The van der Waals surface area contributed by atoms with Gasteiger partial charge in [-0.1, -0.05) is 12.1 Å². The summed E-state index contributed by atoms with van der Waals surface area (Å²) in [6.45, 7) is 4.44. The zero-order chi connectivity index (χ0) is 19.7. The molecule has 0 unspecified atom stereocenters. The highest BCUT2D eigenvalue weighted by molar-refractivity contribution is 5.99. The predicted molar refractivity (Wildman–Crippen MR) is 109 cm³/mol. The first-order valence-corrected chi connectivity index (χ1v) is 9.34. The lowest BCUT2D eigenvalue weighted by Gasteiger charge is -2.36. The van der Waals surface area contributed by atoms with Crippen LogP contribution in [0.2, 0.25) is 0 Å². The van der Waals surface area contributed by atoms with E-state index in [1.165, 1.54) is 0 Å². The van der Waals surface area contributed by atoms with Gasteiger partial charge in [0, 0.05) is 37.6 Å². The third-order valence-corrected chi connectivity index (χ3v) is 5.24. The van der Waals surface area contributed by atoms with E-state index >= 15 is 0 Å². The number of pyridine rings is 1. The van der Waals surface area contributed by atoms with Crippen molar-refractivity contribution in [1.82, 2.24) is 9.88 Å². The molecule has 1 amide bonds. The van der Waals surface area contributed by atoms with Gasteiger partial charge in [-0.15, -0.1) is 0 Å². The highest BCUT2D eigenvalue weighted by atomic mass is 16.5. The van der Waals surface area contributed by atoms with Crippen LogP contribution < -0.4 is 9.64 Å². The van der Waals surface area contributed by atoms with Crippen molar-refractivity contribution in [2.75, 3.05) is 38.2 Å². The number of aryl methyl sites for hydroxylation is 1. The lowest BCUT2D eigenvalue weighted by atomic mass is 10.1. The maximum atomic E-state index is 13.1. The zero-order valence-corrected chi connectivity index (χ0v) is 16.1. The maximum Gasteiger partial charge on any atom is 0.255 e.